The number of amides is 1. The molecule has 2 heterocycles. The zero-order valence-corrected chi connectivity index (χ0v) is 14.5. The van der Waals surface area contributed by atoms with Crippen molar-refractivity contribution >= 4 is 38.9 Å². The topological polar surface area (TPSA) is 56.1 Å². The van der Waals surface area contributed by atoms with Crippen LogP contribution in [0.25, 0.3) is 26.3 Å². The maximum Gasteiger partial charge on any atom is 0.207 e. The van der Waals surface area contributed by atoms with Gasteiger partial charge >= 0.3 is 0 Å². The summed E-state index contributed by atoms with van der Waals surface area (Å²) in [5, 5.41) is 4.78. The van der Waals surface area contributed by atoms with E-state index in [0.29, 0.717) is 6.54 Å². The Morgan fingerprint density at radius 1 is 1.28 bits per heavy atom. The van der Waals surface area contributed by atoms with E-state index in [4.69, 9.17) is 9.72 Å². The molecule has 25 heavy (non-hydrogen) atoms. The van der Waals surface area contributed by atoms with Crippen LogP contribution in [0.4, 0.5) is 0 Å². The van der Waals surface area contributed by atoms with Crippen molar-refractivity contribution in [2.45, 2.75) is 6.42 Å². The van der Waals surface area contributed by atoms with Crippen LogP contribution in [0.15, 0.2) is 48.7 Å². The zero-order chi connectivity index (χ0) is 17.2. The van der Waals surface area contributed by atoms with Gasteiger partial charge in [-0.2, -0.15) is 0 Å². The second-order valence-corrected chi connectivity index (χ2v) is 6.70. The van der Waals surface area contributed by atoms with Crippen molar-refractivity contribution in [3.63, 3.8) is 0 Å². The number of para-hydroxylation sites is 1. The predicted octanol–water partition coefficient (Wildman–Crippen LogP) is 3.54. The summed E-state index contributed by atoms with van der Waals surface area (Å²) in [5.74, 6) is 0.819. The molecule has 0 saturated heterocycles. The highest BCUT2D eigenvalue weighted by Crippen LogP contribution is 2.32. The standard InChI is InChI=1S/C19H17N3O2S/c1-24-14-6-7-17-15(10-14)13(8-9-20-12-23)11-22(17)19-21-16-4-2-3-5-18(16)25-19/h2-7,10-12H,8-9H2,1H3,(H,20,23). The first-order chi connectivity index (χ1) is 12.3. The minimum Gasteiger partial charge on any atom is -0.497 e. The quantitative estimate of drug-likeness (QED) is 0.427. The summed E-state index contributed by atoms with van der Waals surface area (Å²) in [6.07, 6.45) is 3.59. The third-order valence-corrected chi connectivity index (χ3v) is 5.24. The van der Waals surface area contributed by atoms with Crippen molar-refractivity contribution in [1.82, 2.24) is 14.9 Å². The van der Waals surface area contributed by atoms with E-state index in [1.54, 1.807) is 18.4 Å². The number of carbonyl (C=O) groups is 1. The van der Waals surface area contributed by atoms with Crippen LogP contribution < -0.4 is 10.1 Å². The van der Waals surface area contributed by atoms with Crippen LogP contribution in [-0.2, 0) is 11.2 Å². The van der Waals surface area contributed by atoms with Gasteiger partial charge in [0.15, 0.2) is 5.13 Å². The summed E-state index contributed by atoms with van der Waals surface area (Å²) >= 11 is 1.67. The molecule has 0 aliphatic carbocycles. The van der Waals surface area contributed by atoms with E-state index in [2.05, 4.69) is 28.2 Å². The van der Waals surface area contributed by atoms with Gasteiger partial charge in [0.2, 0.25) is 6.41 Å². The second kappa shape index (κ2) is 6.57. The Balaban J connectivity index is 1.86. The lowest BCUT2D eigenvalue weighted by molar-refractivity contribution is -0.109. The van der Waals surface area contributed by atoms with Crippen molar-refractivity contribution < 1.29 is 9.53 Å². The lowest BCUT2D eigenvalue weighted by atomic mass is 10.1. The molecule has 0 unspecified atom stereocenters. The maximum absolute atomic E-state index is 10.5. The molecule has 0 aliphatic heterocycles. The number of benzene rings is 2. The van der Waals surface area contributed by atoms with Gasteiger partial charge in [-0.15, -0.1) is 0 Å². The van der Waals surface area contributed by atoms with E-state index < -0.39 is 0 Å². The van der Waals surface area contributed by atoms with Crippen molar-refractivity contribution in [3.05, 3.63) is 54.2 Å². The van der Waals surface area contributed by atoms with Gasteiger partial charge in [-0.1, -0.05) is 23.5 Å². The Bertz CT molecular complexity index is 1020. The summed E-state index contributed by atoms with van der Waals surface area (Å²) in [6.45, 7) is 0.597. The van der Waals surface area contributed by atoms with Crippen LogP contribution in [0.2, 0.25) is 0 Å². The third kappa shape index (κ3) is 2.85. The Morgan fingerprint density at radius 3 is 2.96 bits per heavy atom. The van der Waals surface area contributed by atoms with Gasteiger partial charge in [0.1, 0.15) is 5.75 Å². The minimum atomic E-state index is 0.597. The van der Waals surface area contributed by atoms with Crippen molar-refractivity contribution in [2.75, 3.05) is 13.7 Å². The average Bonchev–Trinajstić information content (AvgIpc) is 3.23. The second-order valence-electron chi connectivity index (χ2n) is 5.69. The first-order valence-electron chi connectivity index (χ1n) is 8.01. The van der Waals surface area contributed by atoms with Crippen LogP contribution in [0.5, 0.6) is 5.75 Å². The molecular weight excluding hydrogens is 334 g/mol. The molecule has 6 heteroatoms. The van der Waals surface area contributed by atoms with Crippen molar-refractivity contribution in [2.24, 2.45) is 0 Å². The number of nitrogens with one attached hydrogen (secondary N) is 1. The highest BCUT2D eigenvalue weighted by molar-refractivity contribution is 7.20. The fraction of sp³-hybridized carbons (Fsp3) is 0.158. The number of methoxy groups -OCH3 is 1. The third-order valence-electron chi connectivity index (χ3n) is 4.20. The molecule has 5 nitrogen and oxygen atoms in total. The number of carbonyl (C=O) groups excluding carboxylic acids is 1. The number of nitrogens with zero attached hydrogens (tertiary/aromatic N) is 2. The van der Waals surface area contributed by atoms with Gasteiger partial charge in [0.25, 0.3) is 0 Å². The van der Waals surface area contributed by atoms with Crippen LogP contribution in [0, 0.1) is 0 Å². The van der Waals surface area contributed by atoms with Gasteiger partial charge in [-0.3, -0.25) is 9.36 Å². The molecule has 0 aliphatic rings. The molecule has 4 rings (SSSR count). The molecular formula is C19H17N3O2S. The van der Waals surface area contributed by atoms with Crippen LogP contribution in [0.3, 0.4) is 0 Å². The zero-order valence-electron chi connectivity index (χ0n) is 13.7. The number of fused-ring (bicyclic) bond motifs is 2. The molecule has 4 aromatic rings. The number of hydrogen-bond acceptors (Lipinski definition) is 4. The van der Waals surface area contributed by atoms with E-state index in [-0.39, 0.29) is 0 Å². The van der Waals surface area contributed by atoms with E-state index in [1.165, 1.54) is 0 Å². The Hall–Kier alpha value is -2.86. The smallest absolute Gasteiger partial charge is 0.207 e. The summed E-state index contributed by atoms with van der Waals surface area (Å²) in [7, 11) is 1.67. The number of ether oxygens (including phenoxy) is 1. The largest absolute Gasteiger partial charge is 0.497 e. The molecule has 2 aromatic carbocycles. The van der Waals surface area contributed by atoms with Gasteiger partial charge in [-0.05, 0) is 42.3 Å². The molecule has 1 amide bonds. The van der Waals surface area contributed by atoms with E-state index in [1.807, 2.05) is 30.3 Å². The first kappa shape index (κ1) is 15.7. The molecule has 126 valence electrons. The minimum absolute atomic E-state index is 0.597. The van der Waals surface area contributed by atoms with E-state index >= 15 is 0 Å². The average molecular weight is 351 g/mol. The van der Waals surface area contributed by atoms with Crippen LogP contribution in [0.1, 0.15) is 5.56 Å². The maximum atomic E-state index is 10.5. The molecule has 0 saturated carbocycles. The van der Waals surface area contributed by atoms with E-state index in [9.17, 15) is 4.79 Å². The normalized spacial score (nSPS) is 11.1. The lowest BCUT2D eigenvalue weighted by Crippen LogP contribution is -2.14. The first-order valence-corrected chi connectivity index (χ1v) is 8.83. The summed E-state index contributed by atoms with van der Waals surface area (Å²) in [4.78, 5) is 15.3. The lowest BCUT2D eigenvalue weighted by Gasteiger charge is -2.03. The van der Waals surface area contributed by atoms with Crippen LogP contribution in [-0.4, -0.2) is 29.6 Å². The Labute approximate surface area is 148 Å². The highest BCUT2D eigenvalue weighted by atomic mass is 32.1. The Morgan fingerprint density at radius 2 is 2.16 bits per heavy atom. The fourth-order valence-electron chi connectivity index (χ4n) is 2.99. The summed E-state index contributed by atoms with van der Waals surface area (Å²) in [5.41, 5.74) is 3.24. The van der Waals surface area contributed by atoms with Crippen LogP contribution >= 0.6 is 11.3 Å². The number of thiazole rings is 1. The number of rotatable bonds is 6. The monoisotopic (exact) mass is 351 g/mol. The highest BCUT2D eigenvalue weighted by Gasteiger charge is 2.13. The molecule has 0 radical (unpaired) electrons. The fourth-order valence-corrected chi connectivity index (χ4v) is 3.95. The molecule has 0 spiro atoms. The molecule has 0 fully saturated rings. The number of hydrogen-bond donors (Lipinski definition) is 1. The van der Waals surface area contributed by atoms with Gasteiger partial charge < -0.3 is 10.1 Å². The van der Waals surface area contributed by atoms with E-state index in [0.717, 1.165) is 50.4 Å². The predicted molar refractivity (Wildman–Crippen MR) is 101 cm³/mol. The molecule has 0 bridgehead atoms. The van der Waals surface area contributed by atoms with Gasteiger partial charge in [-0.25, -0.2) is 4.98 Å². The summed E-state index contributed by atoms with van der Waals surface area (Å²) in [6, 6.07) is 14.2. The molecule has 0 atom stereocenters. The summed E-state index contributed by atoms with van der Waals surface area (Å²) < 4.78 is 8.66. The van der Waals surface area contributed by atoms with Gasteiger partial charge in [0.05, 0.1) is 22.8 Å². The van der Waals surface area contributed by atoms with Crippen molar-refractivity contribution in [1.29, 1.82) is 0 Å². The van der Waals surface area contributed by atoms with Gasteiger partial charge in [0, 0.05) is 18.1 Å². The molecule has 2 aromatic heterocycles. The SMILES string of the molecule is COc1ccc2c(c1)c(CCNC=O)cn2-c1nc2ccccc2s1. The Kier molecular flexibility index (Phi) is 4.11. The molecule has 1 N–H and O–H groups in total. The van der Waals surface area contributed by atoms with Crippen molar-refractivity contribution in [3.8, 4) is 10.9 Å². The number of aromatic nitrogens is 2.